The van der Waals surface area contributed by atoms with Crippen LogP contribution in [0.4, 0.5) is 16.2 Å². The standard InChI is InChI=1S/C23H18N4O5/c28-22-21(26-23(29)32-14-15-7-2-1-3-8-15)25-20(18-11-4-5-12-19(18)24-22)16-9-6-10-17(13-16)27(30)31/h1-13,21H,14H2,(H,24,28)(H,26,29). The first-order valence-corrected chi connectivity index (χ1v) is 9.71. The summed E-state index contributed by atoms with van der Waals surface area (Å²) in [6, 6.07) is 22.0. The van der Waals surface area contributed by atoms with Crippen molar-refractivity contribution in [2.45, 2.75) is 12.8 Å². The van der Waals surface area contributed by atoms with E-state index in [1.807, 2.05) is 18.2 Å². The molecule has 0 radical (unpaired) electrons. The highest BCUT2D eigenvalue weighted by Crippen LogP contribution is 2.25. The van der Waals surface area contributed by atoms with E-state index in [0.717, 1.165) is 5.56 Å². The number of amides is 2. The van der Waals surface area contributed by atoms with Crippen LogP contribution in [0.1, 0.15) is 16.7 Å². The minimum Gasteiger partial charge on any atom is -0.445 e. The average molecular weight is 430 g/mol. The molecule has 9 nitrogen and oxygen atoms in total. The smallest absolute Gasteiger partial charge is 0.409 e. The van der Waals surface area contributed by atoms with Gasteiger partial charge in [0.2, 0.25) is 6.17 Å². The van der Waals surface area contributed by atoms with Crippen LogP contribution in [-0.2, 0) is 16.1 Å². The fourth-order valence-corrected chi connectivity index (χ4v) is 3.23. The maximum Gasteiger partial charge on any atom is 0.409 e. The maximum atomic E-state index is 12.7. The second-order valence-corrected chi connectivity index (χ2v) is 6.93. The number of aliphatic imine (C=N–C) groups is 1. The number of benzodiazepines with no additional fused rings is 1. The van der Waals surface area contributed by atoms with Crippen LogP contribution in [0.3, 0.4) is 0 Å². The molecule has 1 atom stereocenters. The molecule has 0 aromatic heterocycles. The Morgan fingerprint density at radius 2 is 1.81 bits per heavy atom. The number of hydrogen-bond acceptors (Lipinski definition) is 6. The summed E-state index contributed by atoms with van der Waals surface area (Å²) in [6.45, 7) is 0.0304. The molecule has 0 aliphatic carbocycles. The number of alkyl carbamates (subject to hydrolysis) is 1. The summed E-state index contributed by atoms with van der Waals surface area (Å²) in [5.74, 6) is -0.561. The van der Waals surface area contributed by atoms with Crippen molar-refractivity contribution in [3.8, 4) is 0 Å². The quantitative estimate of drug-likeness (QED) is 0.473. The van der Waals surface area contributed by atoms with Gasteiger partial charge in [0, 0.05) is 23.3 Å². The number of rotatable bonds is 5. The highest BCUT2D eigenvalue weighted by molar-refractivity contribution is 6.20. The second-order valence-electron chi connectivity index (χ2n) is 6.93. The van der Waals surface area contributed by atoms with E-state index in [9.17, 15) is 19.7 Å². The number of non-ortho nitro benzene ring substituents is 1. The molecule has 3 aromatic carbocycles. The van der Waals surface area contributed by atoms with Crippen molar-refractivity contribution in [1.82, 2.24) is 5.32 Å². The fourth-order valence-electron chi connectivity index (χ4n) is 3.23. The van der Waals surface area contributed by atoms with Crippen LogP contribution in [0.5, 0.6) is 0 Å². The molecule has 0 saturated heterocycles. The lowest BCUT2D eigenvalue weighted by Gasteiger charge is -2.13. The number of carbonyl (C=O) groups excluding carboxylic acids is 2. The van der Waals surface area contributed by atoms with Crippen molar-refractivity contribution in [2.75, 3.05) is 5.32 Å². The van der Waals surface area contributed by atoms with E-state index in [0.29, 0.717) is 22.5 Å². The normalized spacial score (nSPS) is 14.9. The van der Waals surface area contributed by atoms with Gasteiger partial charge in [0.15, 0.2) is 0 Å². The number of fused-ring (bicyclic) bond motifs is 1. The lowest BCUT2D eigenvalue weighted by Crippen LogP contribution is -2.42. The van der Waals surface area contributed by atoms with E-state index in [-0.39, 0.29) is 12.3 Å². The molecule has 4 rings (SSSR count). The van der Waals surface area contributed by atoms with Gasteiger partial charge in [-0.3, -0.25) is 20.2 Å². The molecule has 3 aromatic rings. The molecule has 1 aliphatic rings. The van der Waals surface area contributed by atoms with Crippen molar-refractivity contribution >= 4 is 29.1 Å². The molecule has 0 bridgehead atoms. The maximum absolute atomic E-state index is 12.7. The number of benzene rings is 3. The number of nitro groups is 1. The third-order valence-electron chi connectivity index (χ3n) is 4.74. The minimum absolute atomic E-state index is 0.0304. The molecule has 9 heteroatoms. The topological polar surface area (TPSA) is 123 Å². The van der Waals surface area contributed by atoms with Crippen LogP contribution >= 0.6 is 0 Å². The van der Waals surface area contributed by atoms with Crippen molar-refractivity contribution < 1.29 is 19.2 Å². The molecule has 1 heterocycles. The van der Waals surface area contributed by atoms with Crippen LogP contribution < -0.4 is 10.6 Å². The third-order valence-corrected chi connectivity index (χ3v) is 4.74. The molecule has 1 aliphatic heterocycles. The van der Waals surface area contributed by atoms with Crippen LogP contribution in [-0.4, -0.2) is 28.8 Å². The summed E-state index contributed by atoms with van der Waals surface area (Å²) >= 11 is 0. The zero-order valence-electron chi connectivity index (χ0n) is 16.7. The van der Waals surface area contributed by atoms with Gasteiger partial charge < -0.3 is 10.1 Å². The van der Waals surface area contributed by atoms with Gasteiger partial charge in [-0.25, -0.2) is 9.79 Å². The molecule has 0 fully saturated rings. The zero-order chi connectivity index (χ0) is 22.5. The van der Waals surface area contributed by atoms with Crippen LogP contribution in [0.25, 0.3) is 0 Å². The number of para-hydroxylation sites is 1. The molecule has 2 amide bonds. The first-order chi connectivity index (χ1) is 15.5. The Kier molecular flexibility index (Phi) is 5.89. The summed E-state index contributed by atoms with van der Waals surface area (Å²) in [7, 11) is 0. The summed E-state index contributed by atoms with van der Waals surface area (Å²) < 4.78 is 5.20. The van der Waals surface area contributed by atoms with E-state index in [1.165, 1.54) is 18.2 Å². The number of anilines is 1. The molecular formula is C23H18N4O5. The van der Waals surface area contributed by atoms with Gasteiger partial charge in [0.1, 0.15) is 6.61 Å². The summed E-state index contributed by atoms with van der Waals surface area (Å²) in [6.07, 6.45) is -2.11. The first kappa shape index (κ1) is 20.7. The lowest BCUT2D eigenvalue weighted by atomic mass is 10.0. The van der Waals surface area contributed by atoms with Gasteiger partial charge in [0.25, 0.3) is 11.6 Å². The first-order valence-electron chi connectivity index (χ1n) is 9.71. The Labute approximate surface area is 182 Å². The van der Waals surface area contributed by atoms with Gasteiger partial charge in [-0.15, -0.1) is 0 Å². The summed E-state index contributed by atoms with van der Waals surface area (Å²) in [5, 5.41) is 16.4. The molecule has 2 N–H and O–H groups in total. The van der Waals surface area contributed by atoms with E-state index in [4.69, 9.17) is 4.74 Å². The second kappa shape index (κ2) is 9.09. The predicted octanol–water partition coefficient (Wildman–Crippen LogP) is 3.64. The number of nitrogens with zero attached hydrogens (tertiary/aromatic N) is 2. The SMILES string of the molecule is O=C(NC1N=C(c2cccc([N+](=O)[O-])c2)c2ccccc2NC1=O)OCc1ccccc1. The highest BCUT2D eigenvalue weighted by atomic mass is 16.6. The molecule has 0 saturated carbocycles. The minimum atomic E-state index is -1.29. The zero-order valence-corrected chi connectivity index (χ0v) is 16.7. The lowest BCUT2D eigenvalue weighted by molar-refractivity contribution is -0.384. The van der Waals surface area contributed by atoms with Crippen molar-refractivity contribution in [2.24, 2.45) is 4.99 Å². The van der Waals surface area contributed by atoms with Crippen molar-refractivity contribution in [3.63, 3.8) is 0 Å². The molecule has 32 heavy (non-hydrogen) atoms. The van der Waals surface area contributed by atoms with Gasteiger partial charge in [-0.05, 0) is 11.6 Å². The van der Waals surface area contributed by atoms with E-state index < -0.39 is 23.1 Å². The monoisotopic (exact) mass is 430 g/mol. The largest absolute Gasteiger partial charge is 0.445 e. The Morgan fingerprint density at radius 3 is 2.59 bits per heavy atom. The highest BCUT2D eigenvalue weighted by Gasteiger charge is 2.28. The van der Waals surface area contributed by atoms with Crippen molar-refractivity contribution in [3.05, 3.63) is 106 Å². The molecular weight excluding hydrogens is 412 g/mol. The van der Waals surface area contributed by atoms with Crippen LogP contribution in [0, 0.1) is 10.1 Å². The number of ether oxygens (including phenoxy) is 1. The van der Waals surface area contributed by atoms with Crippen LogP contribution in [0.2, 0.25) is 0 Å². The number of nitrogens with one attached hydrogen (secondary N) is 2. The van der Waals surface area contributed by atoms with Gasteiger partial charge in [0.05, 0.1) is 16.3 Å². The molecule has 1 unspecified atom stereocenters. The average Bonchev–Trinajstić information content (AvgIpc) is 2.95. The Hall–Kier alpha value is -4.53. The predicted molar refractivity (Wildman–Crippen MR) is 117 cm³/mol. The van der Waals surface area contributed by atoms with E-state index in [2.05, 4.69) is 15.6 Å². The molecule has 160 valence electrons. The van der Waals surface area contributed by atoms with Crippen molar-refractivity contribution in [1.29, 1.82) is 0 Å². The number of carbonyl (C=O) groups is 2. The Morgan fingerprint density at radius 1 is 1.06 bits per heavy atom. The van der Waals surface area contributed by atoms with Gasteiger partial charge >= 0.3 is 6.09 Å². The third kappa shape index (κ3) is 4.62. The fraction of sp³-hybridized carbons (Fsp3) is 0.0870. The number of hydrogen-bond donors (Lipinski definition) is 2. The summed E-state index contributed by atoms with van der Waals surface area (Å²) in [4.78, 5) is 40.2. The Balaban J connectivity index is 1.63. The summed E-state index contributed by atoms with van der Waals surface area (Å²) in [5.41, 5.74) is 2.50. The Bertz CT molecular complexity index is 1210. The van der Waals surface area contributed by atoms with E-state index in [1.54, 1.807) is 42.5 Å². The van der Waals surface area contributed by atoms with E-state index >= 15 is 0 Å². The van der Waals surface area contributed by atoms with Crippen LogP contribution in [0.15, 0.2) is 83.9 Å². The molecule has 0 spiro atoms. The van der Waals surface area contributed by atoms with Gasteiger partial charge in [-0.2, -0.15) is 0 Å². The van der Waals surface area contributed by atoms with Gasteiger partial charge in [-0.1, -0.05) is 60.7 Å². The number of nitro benzene ring substituents is 1.